The molecule has 96 valence electrons. The van der Waals surface area contributed by atoms with Gasteiger partial charge in [-0.2, -0.15) is 0 Å². The van der Waals surface area contributed by atoms with Crippen LogP contribution in [0.15, 0.2) is 0 Å². The van der Waals surface area contributed by atoms with Crippen LogP contribution in [-0.4, -0.2) is 64.3 Å². The van der Waals surface area contributed by atoms with E-state index in [-0.39, 0.29) is 0 Å². The summed E-state index contributed by atoms with van der Waals surface area (Å²) >= 11 is 0. The average Bonchev–Trinajstić information content (AvgIpc) is 1.96. The molecule has 1 saturated carbocycles. The van der Waals surface area contributed by atoms with E-state index in [9.17, 15) is 0 Å². The molecule has 0 spiro atoms. The SMILES string of the molecule is C[N+](C)(C)CC1CCCC(C[N+](C)(C)C)C1. The van der Waals surface area contributed by atoms with E-state index >= 15 is 0 Å². The zero-order valence-corrected chi connectivity index (χ0v) is 12.3. The third-order valence-electron chi connectivity index (χ3n) is 3.50. The first-order chi connectivity index (χ1) is 7.16. The van der Waals surface area contributed by atoms with Crippen LogP contribution in [0.1, 0.15) is 25.7 Å². The second kappa shape index (κ2) is 5.05. The number of hydrogen-bond donors (Lipinski definition) is 0. The number of nitrogens with zero attached hydrogens (tertiary/aromatic N) is 2. The van der Waals surface area contributed by atoms with Crippen LogP contribution in [0.2, 0.25) is 0 Å². The summed E-state index contributed by atoms with van der Waals surface area (Å²) in [5.41, 5.74) is 0. The van der Waals surface area contributed by atoms with Gasteiger partial charge in [0.1, 0.15) is 0 Å². The molecule has 0 aromatic heterocycles. The molecule has 0 saturated heterocycles. The summed E-state index contributed by atoms with van der Waals surface area (Å²) in [5.74, 6) is 1.93. The quantitative estimate of drug-likeness (QED) is 0.647. The van der Waals surface area contributed by atoms with Gasteiger partial charge in [0, 0.05) is 11.8 Å². The minimum atomic E-state index is 0.963. The van der Waals surface area contributed by atoms with Crippen molar-refractivity contribution in [2.24, 2.45) is 11.8 Å². The summed E-state index contributed by atoms with van der Waals surface area (Å²) in [6, 6.07) is 0. The van der Waals surface area contributed by atoms with Gasteiger partial charge >= 0.3 is 0 Å². The van der Waals surface area contributed by atoms with Gasteiger partial charge in [-0.25, -0.2) is 0 Å². The molecule has 0 N–H and O–H groups in total. The summed E-state index contributed by atoms with van der Waals surface area (Å²) in [6.07, 6.45) is 5.84. The van der Waals surface area contributed by atoms with E-state index < -0.39 is 0 Å². The van der Waals surface area contributed by atoms with Crippen LogP contribution in [-0.2, 0) is 0 Å². The maximum atomic E-state index is 2.32. The third kappa shape index (κ3) is 5.86. The molecule has 0 bridgehead atoms. The van der Waals surface area contributed by atoms with Crippen LogP contribution in [0.25, 0.3) is 0 Å². The number of hydrogen-bond acceptors (Lipinski definition) is 0. The van der Waals surface area contributed by atoms with E-state index in [4.69, 9.17) is 0 Å². The van der Waals surface area contributed by atoms with E-state index in [2.05, 4.69) is 42.3 Å². The van der Waals surface area contributed by atoms with E-state index in [1.807, 2.05) is 0 Å². The van der Waals surface area contributed by atoms with E-state index in [0.29, 0.717) is 0 Å². The highest BCUT2D eigenvalue weighted by atomic mass is 15.3. The molecule has 1 fully saturated rings. The monoisotopic (exact) mass is 228 g/mol. The van der Waals surface area contributed by atoms with Gasteiger partial charge < -0.3 is 8.97 Å². The van der Waals surface area contributed by atoms with Crippen LogP contribution >= 0.6 is 0 Å². The van der Waals surface area contributed by atoms with Crippen molar-refractivity contribution in [2.75, 3.05) is 55.4 Å². The minimum Gasteiger partial charge on any atom is -0.331 e. The van der Waals surface area contributed by atoms with Crippen LogP contribution in [0.4, 0.5) is 0 Å². The molecule has 1 aliphatic rings. The van der Waals surface area contributed by atoms with Gasteiger partial charge in [0.05, 0.1) is 55.4 Å². The lowest BCUT2D eigenvalue weighted by atomic mass is 9.80. The molecule has 1 aliphatic carbocycles. The Bertz CT molecular complexity index is 188. The Hall–Kier alpha value is -0.0800. The molecule has 0 aromatic rings. The molecule has 16 heavy (non-hydrogen) atoms. The van der Waals surface area contributed by atoms with Gasteiger partial charge in [-0.3, -0.25) is 0 Å². The highest BCUT2D eigenvalue weighted by molar-refractivity contribution is 4.72. The fourth-order valence-corrected chi connectivity index (χ4v) is 3.28. The molecule has 0 amide bonds. The standard InChI is InChI=1S/C14H32N2/c1-15(2,3)11-13-8-7-9-14(10-13)12-16(4,5)6/h13-14H,7-12H2,1-6H3/q+2. The van der Waals surface area contributed by atoms with Gasteiger partial charge in [0.2, 0.25) is 0 Å². The smallest absolute Gasteiger partial charge is 0.0809 e. The Kier molecular flexibility index (Phi) is 4.42. The topological polar surface area (TPSA) is 0 Å². The van der Waals surface area contributed by atoms with Crippen LogP contribution < -0.4 is 0 Å². The zero-order valence-electron chi connectivity index (χ0n) is 12.3. The molecular formula is C14H32N2+2. The van der Waals surface area contributed by atoms with Crippen molar-refractivity contribution in [3.05, 3.63) is 0 Å². The minimum absolute atomic E-state index is 0.963. The normalized spacial score (nSPS) is 28.1. The molecule has 0 aliphatic heterocycles. The van der Waals surface area contributed by atoms with E-state index in [1.165, 1.54) is 38.8 Å². The largest absolute Gasteiger partial charge is 0.331 e. The fourth-order valence-electron chi connectivity index (χ4n) is 3.28. The van der Waals surface area contributed by atoms with Crippen molar-refractivity contribution in [3.63, 3.8) is 0 Å². The van der Waals surface area contributed by atoms with Crippen molar-refractivity contribution >= 4 is 0 Å². The molecule has 0 aromatic carbocycles. The van der Waals surface area contributed by atoms with Crippen LogP contribution in [0.5, 0.6) is 0 Å². The van der Waals surface area contributed by atoms with Crippen molar-refractivity contribution in [1.29, 1.82) is 0 Å². The maximum absolute atomic E-state index is 2.32. The Labute approximate surface area is 102 Å². The van der Waals surface area contributed by atoms with Crippen LogP contribution in [0, 0.1) is 11.8 Å². The second-order valence-electron chi connectivity index (χ2n) is 7.84. The molecule has 2 unspecified atom stereocenters. The molecular weight excluding hydrogens is 196 g/mol. The van der Waals surface area contributed by atoms with E-state index in [0.717, 1.165) is 20.8 Å². The number of quaternary nitrogens is 2. The Morgan fingerprint density at radius 2 is 1.12 bits per heavy atom. The summed E-state index contributed by atoms with van der Waals surface area (Å²) < 4.78 is 2.25. The van der Waals surface area contributed by atoms with E-state index in [1.54, 1.807) is 0 Å². The highest BCUT2D eigenvalue weighted by Gasteiger charge is 2.29. The van der Waals surface area contributed by atoms with Gasteiger partial charge in [0.25, 0.3) is 0 Å². The Balaban J connectivity index is 2.41. The highest BCUT2D eigenvalue weighted by Crippen LogP contribution is 2.31. The van der Waals surface area contributed by atoms with Gasteiger partial charge in [-0.1, -0.05) is 6.42 Å². The van der Waals surface area contributed by atoms with Crippen molar-refractivity contribution in [1.82, 2.24) is 0 Å². The van der Waals surface area contributed by atoms with Gasteiger partial charge in [-0.05, 0) is 19.3 Å². The lowest BCUT2D eigenvalue weighted by Gasteiger charge is -2.37. The molecule has 2 heteroatoms. The molecule has 2 atom stereocenters. The third-order valence-corrected chi connectivity index (χ3v) is 3.50. The summed E-state index contributed by atoms with van der Waals surface area (Å²) in [6.45, 7) is 2.71. The molecule has 2 nitrogen and oxygen atoms in total. The summed E-state index contributed by atoms with van der Waals surface area (Å²) in [7, 11) is 13.9. The lowest BCUT2D eigenvalue weighted by Crippen LogP contribution is -2.43. The fraction of sp³-hybridized carbons (Fsp3) is 1.00. The summed E-state index contributed by atoms with van der Waals surface area (Å²) in [4.78, 5) is 0. The summed E-state index contributed by atoms with van der Waals surface area (Å²) in [5, 5.41) is 0. The predicted molar refractivity (Wildman–Crippen MR) is 71.2 cm³/mol. The lowest BCUT2D eigenvalue weighted by molar-refractivity contribution is -0.877. The van der Waals surface area contributed by atoms with Crippen molar-refractivity contribution < 1.29 is 8.97 Å². The van der Waals surface area contributed by atoms with Crippen molar-refractivity contribution in [2.45, 2.75) is 25.7 Å². The zero-order chi connectivity index (χ0) is 12.4. The molecule has 1 rings (SSSR count). The first-order valence-corrected chi connectivity index (χ1v) is 6.77. The Morgan fingerprint density at radius 1 is 0.750 bits per heavy atom. The maximum Gasteiger partial charge on any atom is 0.0809 e. The predicted octanol–water partition coefficient (Wildman–Crippen LogP) is 2.21. The van der Waals surface area contributed by atoms with Crippen LogP contribution in [0.3, 0.4) is 0 Å². The van der Waals surface area contributed by atoms with Crippen molar-refractivity contribution in [3.8, 4) is 0 Å². The molecule has 0 radical (unpaired) electrons. The Morgan fingerprint density at radius 3 is 1.44 bits per heavy atom. The number of rotatable bonds is 4. The first kappa shape index (κ1) is 14.0. The average molecular weight is 228 g/mol. The van der Waals surface area contributed by atoms with Gasteiger partial charge in [-0.15, -0.1) is 0 Å². The first-order valence-electron chi connectivity index (χ1n) is 6.77. The van der Waals surface area contributed by atoms with Gasteiger partial charge in [0.15, 0.2) is 0 Å². The molecule has 0 heterocycles. The second-order valence-corrected chi connectivity index (χ2v) is 7.84.